The van der Waals surface area contributed by atoms with E-state index in [2.05, 4.69) is 11.8 Å². The van der Waals surface area contributed by atoms with E-state index in [1.165, 1.54) is 0 Å². The van der Waals surface area contributed by atoms with Gasteiger partial charge in [0.15, 0.2) is 0 Å². The van der Waals surface area contributed by atoms with Crippen LogP contribution in [0.5, 0.6) is 0 Å². The molecule has 0 saturated heterocycles. The van der Waals surface area contributed by atoms with Gasteiger partial charge < -0.3 is 15.7 Å². The summed E-state index contributed by atoms with van der Waals surface area (Å²) in [6.07, 6.45) is 2.22. The lowest BCUT2D eigenvalue weighted by atomic mass is 10.1. The maximum Gasteiger partial charge on any atom is 0.0606 e. The van der Waals surface area contributed by atoms with Crippen molar-refractivity contribution in [2.24, 2.45) is 5.73 Å². The normalized spacial score (nSPS) is 10.6. The summed E-state index contributed by atoms with van der Waals surface area (Å²) in [5, 5.41) is 9.83. The van der Waals surface area contributed by atoms with E-state index in [-0.39, 0.29) is 6.61 Å². The molecule has 0 fully saturated rings. The first-order chi connectivity index (χ1) is 8.22. The van der Waals surface area contributed by atoms with Gasteiger partial charge in [-0.05, 0) is 24.1 Å². The number of rotatable bonds is 7. The summed E-state index contributed by atoms with van der Waals surface area (Å²) in [5.41, 5.74) is 7.84. The summed E-state index contributed by atoms with van der Waals surface area (Å²) >= 11 is 6.02. The van der Waals surface area contributed by atoms with E-state index < -0.39 is 0 Å². The van der Waals surface area contributed by atoms with Gasteiger partial charge in [-0.2, -0.15) is 0 Å². The average Bonchev–Trinajstić information content (AvgIpc) is 2.34. The van der Waals surface area contributed by atoms with Gasteiger partial charge in [0.2, 0.25) is 0 Å². The number of halogens is 1. The van der Waals surface area contributed by atoms with Gasteiger partial charge in [0.1, 0.15) is 0 Å². The molecule has 0 radical (unpaired) electrons. The monoisotopic (exact) mass is 256 g/mol. The number of benzene rings is 1. The summed E-state index contributed by atoms with van der Waals surface area (Å²) in [5.74, 6) is 0. The zero-order chi connectivity index (χ0) is 12.7. The summed E-state index contributed by atoms with van der Waals surface area (Å²) in [6, 6.07) is 5.73. The smallest absolute Gasteiger partial charge is 0.0606 e. The first kappa shape index (κ1) is 14.3. The molecule has 0 atom stereocenters. The third-order valence-electron chi connectivity index (χ3n) is 2.76. The average molecular weight is 257 g/mol. The maximum atomic E-state index is 9.12. The van der Waals surface area contributed by atoms with E-state index in [4.69, 9.17) is 22.4 Å². The highest BCUT2D eigenvalue weighted by Gasteiger charge is 2.10. The van der Waals surface area contributed by atoms with Gasteiger partial charge in [0.05, 0.1) is 6.61 Å². The Morgan fingerprint density at radius 3 is 2.71 bits per heavy atom. The lowest BCUT2D eigenvalue weighted by Gasteiger charge is -2.26. The van der Waals surface area contributed by atoms with Crippen LogP contribution in [0.1, 0.15) is 25.3 Å². The van der Waals surface area contributed by atoms with Crippen LogP contribution in [0, 0.1) is 0 Å². The molecule has 0 spiro atoms. The Morgan fingerprint density at radius 2 is 2.12 bits per heavy atom. The summed E-state index contributed by atoms with van der Waals surface area (Å²) in [7, 11) is 0. The standard InChI is InChI=1S/C13H21ClN2O/c1-2-3-6-16(7-8-17)13-9-12(14)5-4-11(13)10-15/h4-5,9,17H,2-3,6-8,10,15H2,1H3. The Kier molecular flexibility index (Phi) is 6.34. The topological polar surface area (TPSA) is 49.5 Å². The van der Waals surface area contributed by atoms with E-state index in [0.717, 1.165) is 30.6 Å². The molecule has 17 heavy (non-hydrogen) atoms. The minimum atomic E-state index is 0.139. The maximum absolute atomic E-state index is 9.12. The predicted molar refractivity (Wildman–Crippen MR) is 73.6 cm³/mol. The van der Waals surface area contributed by atoms with Gasteiger partial charge in [-0.15, -0.1) is 0 Å². The fourth-order valence-corrected chi connectivity index (χ4v) is 1.99. The number of nitrogens with two attached hydrogens (primary N) is 1. The summed E-state index contributed by atoms with van der Waals surface area (Å²) in [4.78, 5) is 2.15. The van der Waals surface area contributed by atoms with Crippen molar-refractivity contribution in [3.05, 3.63) is 28.8 Å². The second kappa shape index (κ2) is 7.54. The van der Waals surface area contributed by atoms with Gasteiger partial charge in [-0.1, -0.05) is 31.0 Å². The first-order valence-electron chi connectivity index (χ1n) is 6.07. The van der Waals surface area contributed by atoms with Gasteiger partial charge >= 0.3 is 0 Å². The Labute approximate surface area is 108 Å². The van der Waals surface area contributed by atoms with Crippen molar-refractivity contribution in [2.45, 2.75) is 26.3 Å². The highest BCUT2D eigenvalue weighted by molar-refractivity contribution is 6.30. The molecule has 96 valence electrons. The van der Waals surface area contributed by atoms with E-state index in [1.807, 2.05) is 18.2 Å². The number of anilines is 1. The summed E-state index contributed by atoms with van der Waals surface area (Å²) in [6.45, 7) is 4.32. The largest absolute Gasteiger partial charge is 0.395 e. The number of aliphatic hydroxyl groups is 1. The fraction of sp³-hybridized carbons (Fsp3) is 0.538. The van der Waals surface area contributed by atoms with E-state index in [0.29, 0.717) is 18.1 Å². The molecule has 0 aliphatic heterocycles. The molecule has 0 aromatic heterocycles. The van der Waals surface area contributed by atoms with Crippen molar-refractivity contribution in [1.29, 1.82) is 0 Å². The number of unbranched alkanes of at least 4 members (excludes halogenated alkanes) is 1. The van der Waals surface area contributed by atoms with Crippen LogP contribution in [-0.4, -0.2) is 24.8 Å². The highest BCUT2D eigenvalue weighted by atomic mass is 35.5. The van der Waals surface area contributed by atoms with Gasteiger partial charge in [0, 0.05) is 30.3 Å². The van der Waals surface area contributed by atoms with Crippen LogP contribution in [0.15, 0.2) is 18.2 Å². The minimum absolute atomic E-state index is 0.139. The van der Waals surface area contributed by atoms with Crippen molar-refractivity contribution < 1.29 is 5.11 Å². The SMILES string of the molecule is CCCCN(CCO)c1cc(Cl)ccc1CN. The molecule has 1 rings (SSSR count). The van der Waals surface area contributed by atoms with Gasteiger partial charge in [-0.25, -0.2) is 0 Å². The Bertz CT molecular complexity index is 344. The zero-order valence-electron chi connectivity index (χ0n) is 10.3. The zero-order valence-corrected chi connectivity index (χ0v) is 11.1. The molecule has 0 aliphatic carbocycles. The van der Waals surface area contributed by atoms with Crippen LogP contribution < -0.4 is 10.6 Å². The van der Waals surface area contributed by atoms with Gasteiger partial charge in [0.25, 0.3) is 0 Å². The molecule has 0 heterocycles. The molecule has 0 aliphatic rings. The number of hydrogen-bond acceptors (Lipinski definition) is 3. The lowest BCUT2D eigenvalue weighted by Crippen LogP contribution is -2.29. The molecular formula is C13H21ClN2O. The molecular weight excluding hydrogens is 236 g/mol. The molecule has 0 amide bonds. The van der Waals surface area contributed by atoms with E-state index >= 15 is 0 Å². The first-order valence-corrected chi connectivity index (χ1v) is 6.45. The molecule has 3 nitrogen and oxygen atoms in total. The predicted octanol–water partition coefficient (Wildman–Crippen LogP) is 2.40. The van der Waals surface area contributed by atoms with Crippen LogP contribution in [0.4, 0.5) is 5.69 Å². The van der Waals surface area contributed by atoms with Crippen molar-refractivity contribution >= 4 is 17.3 Å². The third-order valence-corrected chi connectivity index (χ3v) is 2.99. The minimum Gasteiger partial charge on any atom is -0.395 e. The number of hydrogen-bond donors (Lipinski definition) is 2. The fourth-order valence-electron chi connectivity index (χ4n) is 1.83. The molecule has 0 bridgehead atoms. The van der Waals surface area contributed by atoms with Gasteiger partial charge in [-0.3, -0.25) is 0 Å². The number of aliphatic hydroxyl groups excluding tert-OH is 1. The number of nitrogens with zero attached hydrogens (tertiary/aromatic N) is 1. The quantitative estimate of drug-likeness (QED) is 0.788. The van der Waals surface area contributed by atoms with Crippen molar-refractivity contribution in [1.82, 2.24) is 0 Å². The van der Waals surface area contributed by atoms with E-state index in [9.17, 15) is 0 Å². The summed E-state index contributed by atoms with van der Waals surface area (Å²) < 4.78 is 0. The Balaban J connectivity index is 2.93. The van der Waals surface area contributed by atoms with Crippen molar-refractivity contribution in [2.75, 3.05) is 24.6 Å². The molecule has 0 unspecified atom stereocenters. The van der Waals surface area contributed by atoms with Crippen LogP contribution in [0.2, 0.25) is 5.02 Å². The van der Waals surface area contributed by atoms with Crippen molar-refractivity contribution in [3.63, 3.8) is 0 Å². The Morgan fingerprint density at radius 1 is 1.35 bits per heavy atom. The molecule has 1 aromatic rings. The van der Waals surface area contributed by atoms with Crippen LogP contribution in [-0.2, 0) is 6.54 Å². The van der Waals surface area contributed by atoms with E-state index in [1.54, 1.807) is 0 Å². The second-order valence-electron chi connectivity index (χ2n) is 4.04. The highest BCUT2D eigenvalue weighted by Crippen LogP contribution is 2.25. The molecule has 4 heteroatoms. The Hall–Kier alpha value is -0.770. The van der Waals surface area contributed by atoms with Crippen molar-refractivity contribution in [3.8, 4) is 0 Å². The molecule has 1 aromatic carbocycles. The third kappa shape index (κ3) is 4.19. The second-order valence-corrected chi connectivity index (χ2v) is 4.48. The van der Waals surface area contributed by atoms with Crippen LogP contribution in [0.25, 0.3) is 0 Å². The molecule has 0 saturated carbocycles. The van der Waals surface area contributed by atoms with Crippen LogP contribution in [0.3, 0.4) is 0 Å². The lowest BCUT2D eigenvalue weighted by molar-refractivity contribution is 0.301. The molecule has 3 N–H and O–H groups in total. The van der Waals surface area contributed by atoms with Crippen LogP contribution >= 0.6 is 11.6 Å².